The summed E-state index contributed by atoms with van der Waals surface area (Å²) in [5, 5.41) is 3.04. The molecule has 0 amide bonds. The summed E-state index contributed by atoms with van der Waals surface area (Å²) in [6.07, 6.45) is 0.113. The van der Waals surface area contributed by atoms with Crippen molar-refractivity contribution in [1.29, 1.82) is 0 Å². The van der Waals surface area contributed by atoms with Gasteiger partial charge in [-0.3, -0.25) is 4.79 Å². The highest BCUT2D eigenvalue weighted by Crippen LogP contribution is 2.16. The van der Waals surface area contributed by atoms with Gasteiger partial charge in [-0.15, -0.1) is 0 Å². The van der Waals surface area contributed by atoms with Gasteiger partial charge >= 0.3 is 5.97 Å². The molecule has 1 rings (SSSR count). The van der Waals surface area contributed by atoms with Crippen LogP contribution in [0.25, 0.3) is 0 Å². The van der Waals surface area contributed by atoms with Crippen LogP contribution in [-0.4, -0.2) is 25.2 Å². The molecule has 0 aromatic rings. The normalized spacial score (nSPS) is 19.2. The predicted molar refractivity (Wildman–Crippen MR) is 42.2 cm³/mol. The standard InChI is InChI=1S/C8H15NO2/c1-8(2,3)7(10)11-6-4-9-5-6/h6,9H,4-5H2,1-3H3. The summed E-state index contributed by atoms with van der Waals surface area (Å²) >= 11 is 0. The molecule has 1 aliphatic rings. The molecule has 1 saturated heterocycles. The van der Waals surface area contributed by atoms with Crippen LogP contribution in [0.5, 0.6) is 0 Å². The van der Waals surface area contributed by atoms with Crippen molar-refractivity contribution in [2.45, 2.75) is 26.9 Å². The summed E-state index contributed by atoms with van der Waals surface area (Å²) in [5.74, 6) is -0.107. The van der Waals surface area contributed by atoms with Crippen molar-refractivity contribution in [3.05, 3.63) is 0 Å². The van der Waals surface area contributed by atoms with Gasteiger partial charge in [-0.2, -0.15) is 0 Å². The van der Waals surface area contributed by atoms with Gasteiger partial charge in [0.15, 0.2) is 0 Å². The summed E-state index contributed by atoms with van der Waals surface area (Å²) in [7, 11) is 0. The minimum atomic E-state index is -0.365. The summed E-state index contributed by atoms with van der Waals surface area (Å²) in [4.78, 5) is 11.2. The van der Waals surface area contributed by atoms with E-state index in [0.717, 1.165) is 13.1 Å². The smallest absolute Gasteiger partial charge is 0.311 e. The van der Waals surface area contributed by atoms with Gasteiger partial charge in [0.1, 0.15) is 6.10 Å². The zero-order valence-corrected chi connectivity index (χ0v) is 7.31. The van der Waals surface area contributed by atoms with Crippen LogP contribution in [0.2, 0.25) is 0 Å². The predicted octanol–water partition coefficient (Wildman–Crippen LogP) is 0.547. The van der Waals surface area contributed by atoms with Crippen molar-refractivity contribution in [3.8, 4) is 0 Å². The molecule has 0 atom stereocenters. The molecule has 1 heterocycles. The van der Waals surface area contributed by atoms with Crippen LogP contribution in [0, 0.1) is 5.41 Å². The fraction of sp³-hybridized carbons (Fsp3) is 0.875. The van der Waals surface area contributed by atoms with Crippen molar-refractivity contribution in [2.75, 3.05) is 13.1 Å². The Hall–Kier alpha value is -0.570. The highest BCUT2D eigenvalue weighted by atomic mass is 16.5. The number of esters is 1. The molecule has 0 spiro atoms. The monoisotopic (exact) mass is 157 g/mol. The van der Waals surface area contributed by atoms with Crippen molar-refractivity contribution in [2.24, 2.45) is 5.41 Å². The molecule has 11 heavy (non-hydrogen) atoms. The Balaban J connectivity index is 2.30. The van der Waals surface area contributed by atoms with Crippen LogP contribution in [0.1, 0.15) is 20.8 Å². The molecule has 0 aliphatic carbocycles. The van der Waals surface area contributed by atoms with E-state index in [1.807, 2.05) is 20.8 Å². The van der Waals surface area contributed by atoms with Crippen LogP contribution in [-0.2, 0) is 9.53 Å². The summed E-state index contributed by atoms with van der Waals surface area (Å²) in [5.41, 5.74) is -0.365. The maximum absolute atomic E-state index is 11.2. The molecule has 1 fully saturated rings. The SMILES string of the molecule is CC(C)(C)C(=O)OC1CNC1. The van der Waals surface area contributed by atoms with Gasteiger partial charge in [0.05, 0.1) is 5.41 Å². The Morgan fingerprint density at radius 1 is 1.45 bits per heavy atom. The topological polar surface area (TPSA) is 38.3 Å². The van der Waals surface area contributed by atoms with Crippen molar-refractivity contribution >= 4 is 5.97 Å². The van der Waals surface area contributed by atoms with Crippen molar-refractivity contribution in [3.63, 3.8) is 0 Å². The lowest BCUT2D eigenvalue weighted by atomic mass is 9.97. The molecular formula is C8H15NO2. The maximum Gasteiger partial charge on any atom is 0.311 e. The van der Waals surface area contributed by atoms with Gasteiger partial charge < -0.3 is 10.1 Å². The van der Waals surface area contributed by atoms with Gasteiger partial charge in [0.25, 0.3) is 0 Å². The molecule has 3 heteroatoms. The molecule has 1 N–H and O–H groups in total. The molecule has 0 aromatic heterocycles. The Morgan fingerprint density at radius 2 is 2.00 bits per heavy atom. The first-order valence-corrected chi connectivity index (χ1v) is 3.92. The van der Waals surface area contributed by atoms with Gasteiger partial charge in [0, 0.05) is 13.1 Å². The molecule has 0 saturated carbocycles. The van der Waals surface area contributed by atoms with E-state index >= 15 is 0 Å². The van der Waals surface area contributed by atoms with E-state index in [-0.39, 0.29) is 17.5 Å². The van der Waals surface area contributed by atoms with Crippen molar-refractivity contribution in [1.82, 2.24) is 5.32 Å². The number of carbonyl (C=O) groups is 1. The molecule has 64 valence electrons. The fourth-order valence-electron chi connectivity index (χ4n) is 0.674. The first kappa shape index (κ1) is 8.53. The first-order chi connectivity index (χ1) is 5.00. The molecule has 0 bridgehead atoms. The molecule has 0 radical (unpaired) electrons. The van der Waals surface area contributed by atoms with E-state index in [1.54, 1.807) is 0 Å². The average Bonchev–Trinajstić information content (AvgIpc) is 1.75. The van der Waals surface area contributed by atoms with Crippen LogP contribution < -0.4 is 5.32 Å². The Bertz CT molecular complexity index is 156. The second-order valence-corrected chi connectivity index (χ2v) is 3.94. The molecular weight excluding hydrogens is 142 g/mol. The Kier molecular flexibility index (Phi) is 2.18. The molecule has 3 nitrogen and oxygen atoms in total. The zero-order chi connectivity index (χ0) is 8.48. The second kappa shape index (κ2) is 2.81. The number of rotatable bonds is 1. The lowest BCUT2D eigenvalue weighted by molar-refractivity contribution is -0.160. The van der Waals surface area contributed by atoms with E-state index < -0.39 is 0 Å². The molecule has 0 aromatic carbocycles. The van der Waals surface area contributed by atoms with E-state index in [4.69, 9.17) is 4.74 Å². The maximum atomic E-state index is 11.2. The number of nitrogens with one attached hydrogen (secondary N) is 1. The van der Waals surface area contributed by atoms with E-state index in [2.05, 4.69) is 5.32 Å². The first-order valence-electron chi connectivity index (χ1n) is 3.92. The van der Waals surface area contributed by atoms with Gasteiger partial charge in [0.2, 0.25) is 0 Å². The van der Waals surface area contributed by atoms with E-state index in [1.165, 1.54) is 0 Å². The largest absolute Gasteiger partial charge is 0.459 e. The van der Waals surface area contributed by atoms with E-state index in [0.29, 0.717) is 0 Å². The number of hydrogen-bond acceptors (Lipinski definition) is 3. The van der Waals surface area contributed by atoms with Crippen LogP contribution in [0.15, 0.2) is 0 Å². The third kappa shape index (κ3) is 2.19. The van der Waals surface area contributed by atoms with E-state index in [9.17, 15) is 4.79 Å². The highest BCUT2D eigenvalue weighted by Gasteiger charge is 2.28. The minimum absolute atomic E-state index is 0.107. The van der Waals surface area contributed by atoms with Gasteiger partial charge in [-0.05, 0) is 20.8 Å². The van der Waals surface area contributed by atoms with Gasteiger partial charge in [-0.25, -0.2) is 0 Å². The fourth-order valence-corrected chi connectivity index (χ4v) is 0.674. The quantitative estimate of drug-likeness (QED) is 0.565. The van der Waals surface area contributed by atoms with Crippen LogP contribution in [0.3, 0.4) is 0 Å². The van der Waals surface area contributed by atoms with Crippen molar-refractivity contribution < 1.29 is 9.53 Å². The zero-order valence-electron chi connectivity index (χ0n) is 7.31. The molecule has 0 unspecified atom stereocenters. The minimum Gasteiger partial charge on any atom is -0.459 e. The average molecular weight is 157 g/mol. The highest BCUT2D eigenvalue weighted by molar-refractivity contribution is 5.75. The third-order valence-corrected chi connectivity index (χ3v) is 1.63. The Labute approximate surface area is 67.1 Å². The second-order valence-electron chi connectivity index (χ2n) is 3.94. The van der Waals surface area contributed by atoms with Crippen LogP contribution >= 0.6 is 0 Å². The summed E-state index contributed by atoms with van der Waals surface area (Å²) in [6.45, 7) is 7.20. The number of ether oxygens (including phenoxy) is 1. The third-order valence-electron chi connectivity index (χ3n) is 1.63. The number of hydrogen-bond donors (Lipinski definition) is 1. The lowest BCUT2D eigenvalue weighted by Crippen LogP contribution is -2.50. The molecule has 1 aliphatic heterocycles. The lowest BCUT2D eigenvalue weighted by Gasteiger charge is -2.29. The summed E-state index contributed by atoms with van der Waals surface area (Å²) in [6, 6.07) is 0. The van der Waals surface area contributed by atoms with Gasteiger partial charge in [-0.1, -0.05) is 0 Å². The Morgan fingerprint density at radius 3 is 2.27 bits per heavy atom. The number of carbonyl (C=O) groups excluding carboxylic acids is 1. The van der Waals surface area contributed by atoms with Crippen LogP contribution in [0.4, 0.5) is 0 Å². The summed E-state index contributed by atoms with van der Waals surface area (Å²) < 4.78 is 5.15.